The minimum Gasteiger partial charge on any atom is -0.352 e. The molecule has 1 N–H and O–H groups in total. The molecule has 1 heterocycles. The summed E-state index contributed by atoms with van der Waals surface area (Å²) < 4.78 is 0. The maximum absolute atomic E-state index is 12.0. The lowest BCUT2D eigenvalue weighted by Crippen LogP contribution is -2.40. The number of amides is 2. The van der Waals surface area contributed by atoms with Crippen molar-refractivity contribution in [2.75, 3.05) is 12.3 Å². The van der Waals surface area contributed by atoms with Crippen LogP contribution in [0.25, 0.3) is 0 Å². The molecule has 1 saturated heterocycles. The summed E-state index contributed by atoms with van der Waals surface area (Å²) in [5.74, 6) is -0.00871. The van der Waals surface area contributed by atoms with Gasteiger partial charge in [0.2, 0.25) is 11.8 Å². The number of nitrogens with one attached hydrogen (secondary N) is 1. The summed E-state index contributed by atoms with van der Waals surface area (Å²) in [7, 11) is 0. The number of carbonyl (C=O) groups is 2. The molecule has 3 rings (SSSR count). The van der Waals surface area contributed by atoms with Crippen molar-refractivity contribution in [1.82, 2.24) is 10.2 Å². The number of rotatable bonds is 5. The average molecular weight is 321 g/mol. The first kappa shape index (κ1) is 14.8. The zero-order valence-corrected chi connectivity index (χ0v) is 12.5. The number of non-ortho nitro benzene ring substituents is 1. The van der Waals surface area contributed by atoms with Crippen LogP contribution in [-0.2, 0) is 9.59 Å². The molecule has 1 aromatic carbocycles. The van der Waals surface area contributed by atoms with Crippen LogP contribution in [0.15, 0.2) is 24.3 Å². The van der Waals surface area contributed by atoms with Gasteiger partial charge in [-0.1, -0.05) is 12.1 Å². The molecule has 2 aliphatic rings. The first-order valence-electron chi connectivity index (χ1n) is 6.99. The van der Waals surface area contributed by atoms with Crippen molar-refractivity contribution in [1.29, 1.82) is 0 Å². The van der Waals surface area contributed by atoms with E-state index in [1.54, 1.807) is 12.1 Å². The molecule has 22 heavy (non-hydrogen) atoms. The molecule has 0 spiro atoms. The third kappa shape index (κ3) is 3.22. The van der Waals surface area contributed by atoms with E-state index < -0.39 is 4.92 Å². The number of hydrogen-bond donors (Lipinski definition) is 1. The zero-order valence-electron chi connectivity index (χ0n) is 11.7. The Kier molecular flexibility index (Phi) is 4.02. The molecule has 0 aromatic heterocycles. The number of nitro benzene ring substituents is 1. The molecule has 1 aliphatic heterocycles. The fourth-order valence-electron chi connectivity index (χ4n) is 2.35. The van der Waals surface area contributed by atoms with Gasteiger partial charge in [0.25, 0.3) is 5.69 Å². The molecular weight excluding hydrogens is 306 g/mol. The summed E-state index contributed by atoms with van der Waals surface area (Å²) in [6.45, 7) is -0.00427. The molecule has 0 unspecified atom stereocenters. The molecule has 1 atom stereocenters. The van der Waals surface area contributed by atoms with Gasteiger partial charge in [-0.05, 0) is 18.4 Å². The lowest BCUT2D eigenvalue weighted by Gasteiger charge is -2.23. The second kappa shape index (κ2) is 5.96. The van der Waals surface area contributed by atoms with E-state index in [-0.39, 0.29) is 41.2 Å². The quantitative estimate of drug-likeness (QED) is 0.654. The highest BCUT2D eigenvalue weighted by molar-refractivity contribution is 8.00. The highest BCUT2D eigenvalue weighted by Gasteiger charge is 2.35. The van der Waals surface area contributed by atoms with E-state index in [4.69, 9.17) is 0 Å². The summed E-state index contributed by atoms with van der Waals surface area (Å²) in [5, 5.41) is 13.4. The Morgan fingerprint density at radius 1 is 1.45 bits per heavy atom. The molecule has 0 radical (unpaired) electrons. The minimum atomic E-state index is -0.463. The number of nitro groups is 1. The number of benzene rings is 1. The maximum Gasteiger partial charge on any atom is 0.269 e. The number of hydrogen-bond acceptors (Lipinski definition) is 5. The number of carbonyl (C=O) groups excluding carboxylic acids is 2. The molecule has 1 aliphatic carbocycles. The molecule has 7 nitrogen and oxygen atoms in total. The lowest BCUT2D eigenvalue weighted by atomic mass is 10.2. The van der Waals surface area contributed by atoms with Crippen molar-refractivity contribution in [2.24, 2.45) is 0 Å². The lowest BCUT2D eigenvalue weighted by molar-refractivity contribution is -0.384. The summed E-state index contributed by atoms with van der Waals surface area (Å²) in [5.41, 5.74) is 0.657. The predicted octanol–water partition coefficient (Wildman–Crippen LogP) is 1.45. The van der Waals surface area contributed by atoms with Gasteiger partial charge in [-0.2, -0.15) is 0 Å². The summed E-state index contributed by atoms with van der Waals surface area (Å²) in [4.78, 5) is 35.8. The maximum atomic E-state index is 12.0. The van der Waals surface area contributed by atoms with Crippen LogP contribution in [-0.4, -0.2) is 40.0 Å². The van der Waals surface area contributed by atoms with Crippen molar-refractivity contribution < 1.29 is 14.5 Å². The van der Waals surface area contributed by atoms with Crippen molar-refractivity contribution in [3.8, 4) is 0 Å². The second-order valence-electron chi connectivity index (χ2n) is 5.38. The highest BCUT2D eigenvalue weighted by atomic mass is 32.2. The molecule has 1 saturated carbocycles. The smallest absolute Gasteiger partial charge is 0.269 e. The third-order valence-electron chi connectivity index (χ3n) is 3.59. The second-order valence-corrected chi connectivity index (χ2v) is 6.45. The van der Waals surface area contributed by atoms with Crippen LogP contribution in [0.5, 0.6) is 0 Å². The molecule has 2 fully saturated rings. The Hall–Kier alpha value is -2.09. The monoisotopic (exact) mass is 321 g/mol. The van der Waals surface area contributed by atoms with Gasteiger partial charge >= 0.3 is 0 Å². The fraction of sp³-hybridized carbons (Fsp3) is 0.429. The highest BCUT2D eigenvalue weighted by Crippen LogP contribution is 2.39. The van der Waals surface area contributed by atoms with Gasteiger partial charge in [0.05, 0.1) is 10.7 Å². The van der Waals surface area contributed by atoms with Crippen LogP contribution in [0.3, 0.4) is 0 Å². The summed E-state index contributed by atoms with van der Waals surface area (Å²) in [6.07, 6.45) is 1.98. The molecule has 8 heteroatoms. The third-order valence-corrected chi connectivity index (χ3v) is 4.85. The summed E-state index contributed by atoms with van der Waals surface area (Å²) >= 11 is 1.38. The topological polar surface area (TPSA) is 92.5 Å². The Labute approximate surface area is 131 Å². The SMILES string of the molecule is O=C(CN1C(=O)CS[C@H]1c1cccc([N+](=O)[O-])c1)NC1CC1. The van der Waals surface area contributed by atoms with Gasteiger partial charge < -0.3 is 10.2 Å². The minimum absolute atomic E-state index is 0.00427. The first-order valence-corrected chi connectivity index (χ1v) is 8.04. The van der Waals surface area contributed by atoms with Gasteiger partial charge in [0, 0.05) is 18.2 Å². The van der Waals surface area contributed by atoms with Crippen LogP contribution in [0.1, 0.15) is 23.8 Å². The van der Waals surface area contributed by atoms with Crippen LogP contribution < -0.4 is 5.32 Å². The Bertz CT molecular complexity index is 632. The van der Waals surface area contributed by atoms with E-state index >= 15 is 0 Å². The predicted molar refractivity (Wildman–Crippen MR) is 81.2 cm³/mol. The van der Waals surface area contributed by atoms with Crippen molar-refractivity contribution in [2.45, 2.75) is 24.3 Å². The van der Waals surface area contributed by atoms with Crippen LogP contribution in [0, 0.1) is 10.1 Å². The van der Waals surface area contributed by atoms with E-state index in [9.17, 15) is 19.7 Å². The zero-order chi connectivity index (χ0) is 15.7. The standard InChI is InChI=1S/C14H15N3O4S/c18-12(15-10-4-5-10)7-16-13(19)8-22-14(16)9-2-1-3-11(6-9)17(20)21/h1-3,6,10,14H,4-5,7-8H2,(H,15,18)/t14-/m0/s1. The molecule has 116 valence electrons. The van der Waals surface area contributed by atoms with Gasteiger partial charge in [-0.25, -0.2) is 0 Å². The fourth-order valence-corrected chi connectivity index (χ4v) is 3.53. The Morgan fingerprint density at radius 3 is 2.91 bits per heavy atom. The van der Waals surface area contributed by atoms with Crippen molar-refractivity contribution in [3.05, 3.63) is 39.9 Å². The van der Waals surface area contributed by atoms with E-state index in [0.717, 1.165) is 12.8 Å². The molecule has 0 bridgehead atoms. The van der Waals surface area contributed by atoms with Crippen LogP contribution in [0.4, 0.5) is 5.69 Å². The van der Waals surface area contributed by atoms with Gasteiger partial charge in [0.1, 0.15) is 11.9 Å². The molecule has 2 amide bonds. The van der Waals surface area contributed by atoms with E-state index in [1.165, 1.54) is 28.8 Å². The Morgan fingerprint density at radius 2 is 2.23 bits per heavy atom. The number of nitrogens with zero attached hydrogens (tertiary/aromatic N) is 2. The van der Waals surface area contributed by atoms with Gasteiger partial charge in [-0.3, -0.25) is 19.7 Å². The number of thioether (sulfide) groups is 1. The molecular formula is C14H15N3O4S. The van der Waals surface area contributed by atoms with Gasteiger partial charge in [-0.15, -0.1) is 11.8 Å². The molecule has 1 aromatic rings. The van der Waals surface area contributed by atoms with Crippen LogP contribution >= 0.6 is 11.8 Å². The van der Waals surface area contributed by atoms with E-state index in [1.807, 2.05) is 0 Å². The first-order chi connectivity index (χ1) is 10.5. The van der Waals surface area contributed by atoms with Crippen molar-refractivity contribution >= 4 is 29.3 Å². The van der Waals surface area contributed by atoms with Gasteiger partial charge in [0.15, 0.2) is 0 Å². The normalized spacial score (nSPS) is 21.0. The Balaban J connectivity index is 1.75. The van der Waals surface area contributed by atoms with Crippen molar-refractivity contribution in [3.63, 3.8) is 0 Å². The van der Waals surface area contributed by atoms with E-state index in [2.05, 4.69) is 5.32 Å². The van der Waals surface area contributed by atoms with E-state index in [0.29, 0.717) is 5.56 Å². The summed E-state index contributed by atoms with van der Waals surface area (Å²) in [6, 6.07) is 6.46. The van der Waals surface area contributed by atoms with Crippen LogP contribution in [0.2, 0.25) is 0 Å². The average Bonchev–Trinajstić information content (AvgIpc) is 3.23. The largest absolute Gasteiger partial charge is 0.352 e.